The fourth-order valence-corrected chi connectivity index (χ4v) is 5.21. The van der Waals surface area contributed by atoms with E-state index >= 15 is 0 Å². The van der Waals surface area contributed by atoms with Crippen LogP contribution in [0.4, 0.5) is 20.4 Å². The first-order valence-electron chi connectivity index (χ1n) is 13.3. The van der Waals surface area contributed by atoms with E-state index in [0.717, 1.165) is 21.2 Å². The van der Waals surface area contributed by atoms with Gasteiger partial charge in [-0.15, -0.1) is 11.3 Å². The first-order chi connectivity index (χ1) is 18.8. The number of amides is 4. The van der Waals surface area contributed by atoms with Crippen LogP contribution in [0.15, 0.2) is 29.6 Å². The highest BCUT2D eigenvalue weighted by Gasteiger charge is 2.38. The average molecular weight is 570 g/mol. The number of rotatable bonds is 8. The third-order valence-electron chi connectivity index (χ3n) is 6.87. The van der Waals surface area contributed by atoms with Crippen LogP contribution in [0.2, 0.25) is 0 Å². The molecule has 1 unspecified atom stereocenters. The van der Waals surface area contributed by atoms with Crippen molar-refractivity contribution in [2.24, 2.45) is 11.3 Å². The van der Waals surface area contributed by atoms with E-state index in [-0.39, 0.29) is 18.0 Å². The predicted octanol–water partition coefficient (Wildman–Crippen LogP) is 5.12. The Kier molecular flexibility index (Phi) is 10.1. The molecular formula is C28H39N7O4S. The highest BCUT2D eigenvalue weighted by Crippen LogP contribution is 2.29. The van der Waals surface area contributed by atoms with Crippen molar-refractivity contribution in [3.05, 3.63) is 40.9 Å². The molecule has 2 aromatic rings. The molecule has 1 atom stereocenters. The number of benzene rings is 1. The van der Waals surface area contributed by atoms with Gasteiger partial charge < -0.3 is 15.3 Å². The number of carbonyl (C=O) groups excluding carboxylic acids is 2. The minimum atomic E-state index is -0.878. The lowest BCUT2D eigenvalue weighted by Crippen LogP contribution is -2.59. The highest BCUT2D eigenvalue weighted by molar-refractivity contribution is 7.13. The van der Waals surface area contributed by atoms with E-state index in [1.807, 2.05) is 19.2 Å². The molecule has 0 spiro atoms. The molecule has 216 valence electrons. The van der Waals surface area contributed by atoms with Gasteiger partial charge in [-0.05, 0) is 42.0 Å². The van der Waals surface area contributed by atoms with Crippen molar-refractivity contribution >= 4 is 40.2 Å². The number of anilines is 2. The maximum atomic E-state index is 13.1. The Bertz CT molecular complexity index is 1230. The summed E-state index contributed by atoms with van der Waals surface area (Å²) in [6.45, 7) is 12.8. The van der Waals surface area contributed by atoms with Crippen LogP contribution in [-0.4, -0.2) is 87.0 Å². The standard InChI is InChI=1S/C28H39N7O4S/c1-19(2)11-12-35(26(37)32(6)18-29)24(36)20-7-9-21(10-8-20)30-25-31-22(17-40-25)15-33-13-14-34(27(38)39)23(16-33)28(3,4)5/h7-10,17,19,23H,11-16H2,1-6H3,(H,30,31)(H,38,39). The molecule has 1 aromatic heterocycles. The summed E-state index contributed by atoms with van der Waals surface area (Å²) in [5.74, 6) is -0.160. The molecule has 12 heteroatoms. The second-order valence-electron chi connectivity index (χ2n) is 11.5. The Balaban J connectivity index is 1.64. The number of nitrogens with one attached hydrogen (secondary N) is 1. The number of hydrogen-bond acceptors (Lipinski definition) is 8. The van der Waals surface area contributed by atoms with Crippen LogP contribution >= 0.6 is 11.3 Å². The van der Waals surface area contributed by atoms with Crippen molar-refractivity contribution in [1.29, 1.82) is 5.26 Å². The van der Waals surface area contributed by atoms with Crippen LogP contribution < -0.4 is 5.32 Å². The molecule has 1 aromatic carbocycles. The van der Waals surface area contributed by atoms with Gasteiger partial charge in [0.15, 0.2) is 11.3 Å². The third-order valence-corrected chi connectivity index (χ3v) is 7.68. The SMILES string of the molecule is CC(C)CCN(C(=O)c1ccc(Nc2nc(CN3CCN(C(=O)O)C(C(C)(C)C)C3)cs2)cc1)C(=O)N(C)C#N. The summed E-state index contributed by atoms with van der Waals surface area (Å²) in [7, 11) is 1.34. The Labute approximate surface area is 240 Å². The number of urea groups is 1. The molecule has 11 nitrogen and oxygen atoms in total. The molecule has 3 rings (SSSR count). The van der Waals surface area contributed by atoms with Gasteiger partial charge in [-0.1, -0.05) is 34.6 Å². The summed E-state index contributed by atoms with van der Waals surface area (Å²) in [6.07, 6.45) is 1.52. The largest absolute Gasteiger partial charge is 0.465 e. The fourth-order valence-electron chi connectivity index (χ4n) is 4.49. The quantitative estimate of drug-likeness (QED) is 0.331. The summed E-state index contributed by atoms with van der Waals surface area (Å²) in [5.41, 5.74) is 1.82. The van der Waals surface area contributed by atoms with E-state index in [9.17, 15) is 19.5 Å². The molecule has 2 N–H and O–H groups in total. The zero-order valence-electron chi connectivity index (χ0n) is 24.0. The lowest BCUT2D eigenvalue weighted by atomic mass is 9.84. The van der Waals surface area contributed by atoms with E-state index < -0.39 is 18.0 Å². The number of carbonyl (C=O) groups is 3. The molecule has 2 heterocycles. The van der Waals surface area contributed by atoms with E-state index in [2.05, 4.69) is 31.0 Å². The van der Waals surface area contributed by atoms with Gasteiger partial charge >= 0.3 is 12.1 Å². The zero-order valence-corrected chi connectivity index (χ0v) is 24.9. The summed E-state index contributed by atoms with van der Waals surface area (Å²) in [5, 5.41) is 24.7. The summed E-state index contributed by atoms with van der Waals surface area (Å²) in [4.78, 5) is 47.9. The smallest absolute Gasteiger partial charge is 0.407 e. The minimum Gasteiger partial charge on any atom is -0.465 e. The van der Waals surface area contributed by atoms with Crippen LogP contribution in [0.5, 0.6) is 0 Å². The van der Waals surface area contributed by atoms with Gasteiger partial charge in [-0.25, -0.2) is 19.5 Å². The highest BCUT2D eigenvalue weighted by atomic mass is 32.1. The van der Waals surface area contributed by atoms with Crippen LogP contribution in [0.3, 0.4) is 0 Å². The lowest BCUT2D eigenvalue weighted by Gasteiger charge is -2.45. The number of nitriles is 1. The second-order valence-corrected chi connectivity index (χ2v) is 12.4. The number of imide groups is 1. The van der Waals surface area contributed by atoms with E-state index in [1.165, 1.54) is 18.4 Å². The number of nitrogens with zero attached hydrogens (tertiary/aromatic N) is 6. The van der Waals surface area contributed by atoms with Crippen molar-refractivity contribution in [2.75, 3.05) is 38.5 Å². The number of hydrogen-bond donors (Lipinski definition) is 2. The average Bonchev–Trinajstić information content (AvgIpc) is 3.34. The third kappa shape index (κ3) is 7.92. The van der Waals surface area contributed by atoms with Crippen LogP contribution in [-0.2, 0) is 6.54 Å². The molecule has 1 fully saturated rings. The molecular weight excluding hydrogens is 530 g/mol. The molecule has 0 radical (unpaired) electrons. The number of carboxylic acid groups (broad SMARTS) is 1. The maximum absolute atomic E-state index is 13.1. The number of piperazine rings is 1. The molecule has 1 aliphatic rings. The van der Waals surface area contributed by atoms with E-state index in [4.69, 9.17) is 10.2 Å². The van der Waals surface area contributed by atoms with Crippen molar-refractivity contribution in [3.63, 3.8) is 0 Å². The molecule has 1 aliphatic heterocycles. The van der Waals surface area contributed by atoms with Gasteiger partial charge in [0.1, 0.15) is 0 Å². The van der Waals surface area contributed by atoms with Crippen LogP contribution in [0, 0.1) is 22.8 Å². The second kappa shape index (κ2) is 13.1. The predicted molar refractivity (Wildman–Crippen MR) is 154 cm³/mol. The topological polar surface area (TPSA) is 133 Å². The van der Waals surface area contributed by atoms with Gasteiger partial charge in [0.2, 0.25) is 0 Å². The Morgan fingerprint density at radius 2 is 1.90 bits per heavy atom. The van der Waals surface area contributed by atoms with E-state index in [0.29, 0.717) is 49.2 Å². The fraction of sp³-hybridized carbons (Fsp3) is 0.536. The number of aromatic nitrogens is 1. The summed E-state index contributed by atoms with van der Waals surface area (Å²) in [6, 6.07) is 6.06. The van der Waals surface area contributed by atoms with E-state index in [1.54, 1.807) is 35.4 Å². The first kappa shape index (κ1) is 30.8. The zero-order chi connectivity index (χ0) is 29.6. The van der Waals surface area contributed by atoms with Gasteiger partial charge in [-0.3, -0.25) is 14.6 Å². The monoisotopic (exact) mass is 569 g/mol. The van der Waals surface area contributed by atoms with Gasteiger partial charge in [-0.2, -0.15) is 5.26 Å². The maximum Gasteiger partial charge on any atom is 0.407 e. The van der Waals surface area contributed by atoms with Crippen LogP contribution in [0.25, 0.3) is 0 Å². The van der Waals surface area contributed by atoms with Gasteiger partial charge in [0.25, 0.3) is 5.91 Å². The molecule has 4 amide bonds. The Hall–Kier alpha value is -3.69. The molecule has 0 saturated carbocycles. The van der Waals surface area contributed by atoms with Crippen molar-refractivity contribution < 1.29 is 19.5 Å². The molecule has 1 saturated heterocycles. The number of thiazole rings is 1. The summed E-state index contributed by atoms with van der Waals surface area (Å²) >= 11 is 1.47. The van der Waals surface area contributed by atoms with Crippen molar-refractivity contribution in [2.45, 2.75) is 53.6 Å². The van der Waals surface area contributed by atoms with Crippen LogP contribution in [0.1, 0.15) is 57.1 Å². The van der Waals surface area contributed by atoms with Gasteiger partial charge in [0.05, 0.1) is 11.7 Å². The Morgan fingerprint density at radius 3 is 2.48 bits per heavy atom. The summed E-state index contributed by atoms with van der Waals surface area (Å²) < 4.78 is 0. The molecule has 0 aliphatic carbocycles. The minimum absolute atomic E-state index is 0.104. The van der Waals surface area contributed by atoms with Crippen molar-refractivity contribution in [1.82, 2.24) is 24.6 Å². The normalized spacial score (nSPS) is 15.9. The van der Waals surface area contributed by atoms with Crippen molar-refractivity contribution in [3.8, 4) is 6.19 Å². The molecule has 40 heavy (non-hydrogen) atoms. The molecule has 0 bridgehead atoms. The van der Waals surface area contributed by atoms with Gasteiger partial charge in [0, 0.05) is 56.4 Å². The first-order valence-corrected chi connectivity index (χ1v) is 14.2. The Morgan fingerprint density at radius 1 is 1.23 bits per heavy atom. The lowest BCUT2D eigenvalue weighted by molar-refractivity contribution is 0.0187.